The lowest BCUT2D eigenvalue weighted by molar-refractivity contribution is -0.156. The van der Waals surface area contributed by atoms with Crippen LogP contribution in [-0.4, -0.2) is 65.1 Å². The molecule has 1 N–H and O–H groups in total. The molecule has 13 heteroatoms. The molecule has 1 aliphatic rings. The van der Waals surface area contributed by atoms with E-state index in [2.05, 4.69) is 125 Å². The largest absolute Gasteiger partial charge is 0.457 e. The van der Waals surface area contributed by atoms with Crippen LogP contribution in [0.15, 0.2) is 40.1 Å². The third-order valence-corrected chi connectivity index (χ3v) is 13.3. The Bertz CT molecular complexity index is 3060. The Hall–Kier alpha value is -8.23. The maximum atomic E-state index is 14.1. The minimum Gasteiger partial charge on any atom is -0.457 e. The summed E-state index contributed by atoms with van der Waals surface area (Å²) in [7, 11) is -2.71. The molecule has 0 spiro atoms. The monoisotopic (exact) mass is 899 g/mol. The maximum Gasteiger partial charge on any atom is 0.340 e. The molecule has 1 saturated heterocycles. The van der Waals surface area contributed by atoms with E-state index in [1.807, 2.05) is 33.9 Å². The van der Waals surface area contributed by atoms with E-state index in [0.29, 0.717) is 10.1 Å². The number of hydrogen-bond acceptors (Lipinski definition) is 10. The highest BCUT2D eigenvalue weighted by atomic mass is 28.4. The van der Waals surface area contributed by atoms with Crippen LogP contribution in [0.4, 0.5) is 0 Å². The number of aromatic nitrogens is 2. The number of carbonyl (C=O) groups excluding carboxylic acids is 3. The fourth-order valence-corrected chi connectivity index (χ4v) is 6.25. The third kappa shape index (κ3) is 15.4. The van der Waals surface area contributed by atoms with Crippen LogP contribution in [0.2, 0.25) is 18.1 Å². The van der Waals surface area contributed by atoms with Crippen LogP contribution in [0.25, 0.3) is 0 Å². The van der Waals surface area contributed by atoms with E-state index in [1.54, 1.807) is 13.0 Å². The normalized spacial score (nSPS) is 15.2. The zero-order valence-electron chi connectivity index (χ0n) is 35.4. The van der Waals surface area contributed by atoms with Gasteiger partial charge in [-0.05, 0) is 103 Å². The van der Waals surface area contributed by atoms with Crippen molar-refractivity contribution in [3.05, 3.63) is 62.4 Å². The molecule has 0 amide bonds. The molecule has 0 radical (unpaired) electrons. The van der Waals surface area contributed by atoms with Gasteiger partial charge in [0.25, 0.3) is 11.5 Å². The summed E-state index contributed by atoms with van der Waals surface area (Å²) in [4.78, 5) is 65.6. The first-order chi connectivity index (χ1) is 30.0. The van der Waals surface area contributed by atoms with Crippen molar-refractivity contribution in [2.75, 3.05) is 6.61 Å². The summed E-state index contributed by atoms with van der Waals surface area (Å²) in [6.07, 6.45) is 3.36. The highest BCUT2D eigenvalue weighted by molar-refractivity contribution is 6.74. The van der Waals surface area contributed by atoms with E-state index in [-0.39, 0.29) is 66.4 Å². The van der Waals surface area contributed by atoms with Gasteiger partial charge in [-0.2, -0.15) is 4.57 Å². The van der Waals surface area contributed by atoms with E-state index in [1.165, 1.54) is 19.1 Å². The lowest BCUT2D eigenvalue weighted by Crippen LogP contribution is -2.51. The van der Waals surface area contributed by atoms with Crippen LogP contribution in [0.5, 0.6) is 5.75 Å². The summed E-state index contributed by atoms with van der Waals surface area (Å²) in [5.41, 5.74) is -1.54. The van der Waals surface area contributed by atoms with Crippen LogP contribution in [0, 0.1) is 138 Å². The van der Waals surface area contributed by atoms with E-state index in [0.717, 1.165) is 16.8 Å². The van der Waals surface area contributed by atoms with Gasteiger partial charge in [0, 0.05) is 127 Å². The topological polar surface area (TPSA) is 152 Å². The van der Waals surface area contributed by atoms with Gasteiger partial charge in [-0.3, -0.25) is 19.0 Å². The highest BCUT2D eigenvalue weighted by Gasteiger charge is 2.53. The molecule has 0 saturated carbocycles. The van der Waals surface area contributed by atoms with Gasteiger partial charge >= 0.3 is 11.7 Å². The Labute approximate surface area is 400 Å². The summed E-state index contributed by atoms with van der Waals surface area (Å²) in [6.45, 7) is 12.2. The van der Waals surface area contributed by atoms with Crippen LogP contribution in [0.3, 0.4) is 0 Å². The smallest absolute Gasteiger partial charge is 0.340 e. The molecule has 1 unspecified atom stereocenters. The van der Waals surface area contributed by atoms with Gasteiger partial charge in [0.05, 0.1) is 13.0 Å². The number of carbonyl (C=O) groups is 3. The van der Waals surface area contributed by atoms with Crippen molar-refractivity contribution < 1.29 is 69.5 Å². The highest BCUT2D eigenvalue weighted by Crippen LogP contribution is 2.42. The molecule has 1 aliphatic heterocycles. The molecule has 12 nitrogen and oxygen atoms in total. The summed E-state index contributed by atoms with van der Waals surface area (Å²) in [5, 5.41) is 9.95. The lowest BCUT2D eigenvalue weighted by Gasteiger charge is -2.40. The third-order valence-electron chi connectivity index (χ3n) is 8.85. The summed E-state index contributed by atoms with van der Waals surface area (Å²) >= 11 is 0. The number of aliphatic hydroxyl groups is 1. The fraction of sp³-hybridized carbons (Fsp3) is 0.300. The molecule has 1 fully saturated rings. The first kappa shape index (κ1) is 49.1. The summed E-state index contributed by atoms with van der Waals surface area (Å²) in [5.74, 6) is 47.1. The van der Waals surface area contributed by atoms with Crippen molar-refractivity contribution in [3.8, 4) is 137 Å². The Kier molecular flexibility index (Phi) is 18.8. The van der Waals surface area contributed by atoms with Crippen molar-refractivity contribution in [1.82, 2.24) is 9.13 Å². The van der Waals surface area contributed by atoms with Crippen LogP contribution < -0.4 is 16.0 Å². The second-order valence-electron chi connectivity index (χ2n) is 14.5. The number of esters is 1. The molecular weight excluding hydrogens is 817 g/mol. The number of aryl methyl sites for hydroxylation is 1. The average molecular weight is 899 g/mol. The van der Waals surface area contributed by atoms with E-state index < -0.39 is 62.6 Å². The van der Waals surface area contributed by atoms with Gasteiger partial charge < -0.3 is 28.5 Å². The van der Waals surface area contributed by atoms with Gasteiger partial charge in [-0.25, -0.2) is 4.79 Å². The van der Waals surface area contributed by atoms with Crippen LogP contribution >= 0.6 is 0 Å². The average Bonchev–Trinajstić information content (AvgIpc) is 3.54. The molecule has 1 aromatic heterocycles. The molecule has 4 atom stereocenters. The van der Waals surface area contributed by atoms with Gasteiger partial charge in [0.15, 0.2) is 20.6 Å². The number of hydrogen-bond donors (Lipinski definition) is 1. The van der Waals surface area contributed by atoms with Gasteiger partial charge in [0.2, 0.25) is 0 Å². The van der Waals surface area contributed by atoms with Crippen molar-refractivity contribution in [2.45, 2.75) is 90.1 Å². The van der Waals surface area contributed by atoms with Crippen LogP contribution in [-0.2, 0) is 23.5 Å². The first-order valence-electron chi connectivity index (χ1n) is 18.8. The van der Waals surface area contributed by atoms with Gasteiger partial charge in [-0.15, -0.1) is 6.42 Å². The molecule has 0 aliphatic carbocycles. The van der Waals surface area contributed by atoms with E-state index in [9.17, 15) is 29.1 Å². The minimum absolute atomic E-state index is 0. The molecule has 0 bridgehead atoms. The number of rotatable bonds is 10. The first-order valence-corrected chi connectivity index (χ1v) is 21.7. The Morgan fingerprint density at radius 1 is 0.810 bits per heavy atom. The zero-order valence-corrected chi connectivity index (χ0v) is 36.4. The number of terminal acetylenes is 1. The van der Waals surface area contributed by atoms with Crippen molar-refractivity contribution in [1.29, 1.82) is 0 Å². The molecule has 2 aromatic rings. The van der Waals surface area contributed by atoms with Crippen molar-refractivity contribution >= 4 is 26.0 Å². The van der Waals surface area contributed by atoms with E-state index in [4.69, 9.17) is 25.1 Å². The predicted molar refractivity (Wildman–Crippen MR) is 282 cm³/mol. The second-order valence-corrected chi connectivity index (χ2v) is 19.2. The number of ketones is 1. The van der Waals surface area contributed by atoms with Gasteiger partial charge in [-0.1, -0.05) is 20.8 Å². The number of aliphatic hydroxyl groups excluding tert-OH is 1. The van der Waals surface area contributed by atoms with Crippen molar-refractivity contribution in [2.24, 2.45) is 0 Å². The molecule has 1 aromatic carbocycles. The molecule has 3 rings (SSSR count). The standard InChI is InChI=1S/C50H38N2O10Si.22H2/c1-9-10-11-12-13-14-15-16-17-18-19-20-21-22-23-24-25-26-27-28-33-59-41-35-38(2)34-40(36-41)47(57)52-43(55)31-32-51(49(52)58)48-46(62-63(7,8)50(4,5)6)45(42(37-53)60-48)61-44(56)30-29-39(3)54;;;;;;;;;;;;;;;;;;;;;;/h1,31-32,34-36,42,45-46,48,53H,29-30,37H2,2-8H3;22*1H/t42-,45?,46+,48-;;;;;;;;;;;;;;;;;;;;;;/m1....................../s1. The fourth-order valence-electron chi connectivity index (χ4n) is 4.96. The van der Waals surface area contributed by atoms with Crippen LogP contribution in [0.1, 0.15) is 94.1 Å². The van der Waals surface area contributed by atoms with Gasteiger partial charge in [0.1, 0.15) is 29.8 Å². The SMILES string of the molecule is C#CC#CC#CC#CC#CC#CC#CC#CC#CC#CC#COc1cc(C)cc(C(=O)n2c(=O)ccn([C@@H]3O[C@H](CO)C(OC(=O)CCC(C)=O)[C@@H]3O[Si](C)(C)C(C)(C)C)c2=O)c1.[HH].[HH].[HH].[HH].[HH].[HH].[HH].[HH].[HH].[HH].[HH].[HH].[HH].[HH].[HH].[HH].[HH].[HH].[HH].[HH].[HH].[HH]. The number of nitrogens with zero attached hydrogens (tertiary/aromatic N) is 2. The Balaban J connectivity index is -0.000000107. The molecule has 2 heterocycles. The maximum absolute atomic E-state index is 14.1. The van der Waals surface area contributed by atoms with E-state index >= 15 is 0 Å². The Morgan fingerprint density at radius 2 is 1.33 bits per heavy atom. The number of ether oxygens (including phenoxy) is 3. The lowest BCUT2D eigenvalue weighted by atomic mass is 10.1. The molecule has 356 valence electrons. The quantitative estimate of drug-likeness (QED) is 0.141. The Morgan fingerprint density at radius 3 is 1.83 bits per heavy atom. The summed E-state index contributed by atoms with van der Waals surface area (Å²) in [6, 6.07) is 5.34. The predicted octanol–water partition coefficient (Wildman–Crippen LogP) is 7.98. The number of benzene rings is 1. The summed E-state index contributed by atoms with van der Waals surface area (Å²) < 4.78 is 25.4. The zero-order chi connectivity index (χ0) is 46.4. The molecule has 63 heavy (non-hydrogen) atoms. The molecular formula is C50H82N2O10Si. The number of Topliss-reactive ketones (excluding diaryl/α,β-unsaturated/α-hetero) is 1. The second kappa shape index (κ2) is 24.1. The minimum atomic E-state index is -2.71. The van der Waals surface area contributed by atoms with Crippen molar-refractivity contribution in [3.63, 3.8) is 0 Å².